The first-order valence-electron chi connectivity index (χ1n) is 11.8. The zero-order chi connectivity index (χ0) is 23.6. The summed E-state index contributed by atoms with van der Waals surface area (Å²) in [6.07, 6.45) is 7.75. The van der Waals surface area contributed by atoms with E-state index in [0.717, 1.165) is 34.3 Å². The third kappa shape index (κ3) is 4.54. The van der Waals surface area contributed by atoms with E-state index in [9.17, 15) is 4.79 Å². The first-order chi connectivity index (χ1) is 17.2. The minimum absolute atomic E-state index is 0.212. The number of nitrogens with zero attached hydrogens (tertiary/aromatic N) is 3. The van der Waals surface area contributed by atoms with E-state index in [-0.39, 0.29) is 5.91 Å². The third-order valence-electron chi connectivity index (χ3n) is 6.23. The highest BCUT2D eigenvalue weighted by molar-refractivity contribution is 7.22. The number of H-pyrrole nitrogens is 1. The van der Waals surface area contributed by atoms with Crippen LogP contribution < -0.4 is 15.4 Å². The number of amides is 1. The second kappa shape index (κ2) is 9.34. The fourth-order valence-electron chi connectivity index (χ4n) is 4.45. The second-order valence-electron chi connectivity index (χ2n) is 8.65. The molecule has 8 nitrogen and oxygen atoms in total. The fourth-order valence-corrected chi connectivity index (χ4v) is 5.31. The minimum Gasteiger partial charge on any atom is -0.456 e. The Morgan fingerprint density at radius 1 is 1.03 bits per heavy atom. The van der Waals surface area contributed by atoms with Gasteiger partial charge in [-0.15, -0.1) is 0 Å². The number of hydrogen-bond donors (Lipinski definition) is 3. The number of aromatic amines is 1. The van der Waals surface area contributed by atoms with Gasteiger partial charge in [-0.1, -0.05) is 42.7 Å². The molecule has 1 aliphatic carbocycles. The molecule has 9 heteroatoms. The molecule has 2 aromatic carbocycles. The molecular weight excluding hydrogens is 460 g/mol. The Morgan fingerprint density at radius 3 is 2.69 bits per heavy atom. The number of nitrogens with one attached hydrogen (secondary N) is 3. The van der Waals surface area contributed by atoms with E-state index in [1.165, 1.54) is 30.6 Å². The van der Waals surface area contributed by atoms with Crippen LogP contribution in [0.5, 0.6) is 11.5 Å². The Morgan fingerprint density at radius 2 is 1.86 bits per heavy atom. The molecule has 1 saturated carbocycles. The van der Waals surface area contributed by atoms with Gasteiger partial charge in [0.25, 0.3) is 5.91 Å². The van der Waals surface area contributed by atoms with Crippen LogP contribution in [0.2, 0.25) is 0 Å². The van der Waals surface area contributed by atoms with Crippen LogP contribution >= 0.6 is 11.3 Å². The molecule has 0 radical (unpaired) electrons. The molecule has 0 atom stereocenters. The summed E-state index contributed by atoms with van der Waals surface area (Å²) in [7, 11) is 0. The van der Waals surface area contributed by atoms with Crippen LogP contribution in [-0.2, 0) is 0 Å². The van der Waals surface area contributed by atoms with Gasteiger partial charge in [0, 0.05) is 23.9 Å². The standard InChI is InChI=1S/C26H24N6O2S/c33-25(30-26-29-19-8-4-5-9-21(19)35-26)16-10-12-18(13-11-16)34-20-14-15-27-23-22(20)24(32-31-23)28-17-6-2-1-3-7-17/h4-5,8-15,17H,1-3,6-7H2,(H,29,30,33)(H2,27,28,31,32). The summed E-state index contributed by atoms with van der Waals surface area (Å²) in [5.74, 6) is 1.84. The molecule has 0 saturated heterocycles. The molecule has 35 heavy (non-hydrogen) atoms. The summed E-state index contributed by atoms with van der Waals surface area (Å²) >= 11 is 1.45. The average Bonchev–Trinajstić information content (AvgIpc) is 3.49. The molecule has 0 spiro atoms. The number of carbonyl (C=O) groups is 1. The largest absolute Gasteiger partial charge is 0.456 e. The third-order valence-corrected chi connectivity index (χ3v) is 7.18. The van der Waals surface area contributed by atoms with Crippen molar-refractivity contribution in [2.24, 2.45) is 0 Å². The van der Waals surface area contributed by atoms with E-state index in [1.807, 2.05) is 30.3 Å². The normalized spacial score (nSPS) is 14.3. The number of benzene rings is 2. The quantitative estimate of drug-likeness (QED) is 0.259. The minimum atomic E-state index is -0.212. The van der Waals surface area contributed by atoms with E-state index in [2.05, 4.69) is 30.8 Å². The Labute approximate surface area is 205 Å². The molecule has 3 N–H and O–H groups in total. The van der Waals surface area contributed by atoms with Crippen molar-refractivity contribution >= 4 is 49.4 Å². The van der Waals surface area contributed by atoms with E-state index in [0.29, 0.717) is 33.9 Å². The highest BCUT2D eigenvalue weighted by Crippen LogP contribution is 2.34. The van der Waals surface area contributed by atoms with Gasteiger partial charge < -0.3 is 10.1 Å². The van der Waals surface area contributed by atoms with Crippen molar-refractivity contribution in [1.82, 2.24) is 20.2 Å². The Kier molecular flexibility index (Phi) is 5.75. The molecule has 0 bridgehead atoms. The molecule has 3 heterocycles. The van der Waals surface area contributed by atoms with Crippen molar-refractivity contribution < 1.29 is 9.53 Å². The van der Waals surface area contributed by atoms with E-state index in [1.54, 1.807) is 30.5 Å². The molecule has 0 aliphatic heterocycles. The second-order valence-corrected chi connectivity index (χ2v) is 9.68. The number of aromatic nitrogens is 4. The molecule has 6 rings (SSSR count). The van der Waals surface area contributed by atoms with E-state index < -0.39 is 0 Å². The Hall–Kier alpha value is -3.98. The Bertz CT molecular complexity index is 1450. The van der Waals surface area contributed by atoms with Crippen LogP contribution in [0.3, 0.4) is 0 Å². The highest BCUT2D eigenvalue weighted by Gasteiger charge is 2.19. The topological polar surface area (TPSA) is 105 Å². The summed E-state index contributed by atoms with van der Waals surface area (Å²) in [5, 5.41) is 15.3. The molecule has 176 valence electrons. The van der Waals surface area contributed by atoms with Crippen molar-refractivity contribution in [3.63, 3.8) is 0 Å². The summed E-state index contributed by atoms with van der Waals surface area (Å²) in [5.41, 5.74) is 2.07. The number of hydrogen-bond acceptors (Lipinski definition) is 7. The highest BCUT2D eigenvalue weighted by atomic mass is 32.1. The smallest absolute Gasteiger partial charge is 0.257 e. The Balaban J connectivity index is 1.18. The van der Waals surface area contributed by atoms with Gasteiger partial charge in [0.05, 0.1) is 10.2 Å². The zero-order valence-electron chi connectivity index (χ0n) is 19.0. The summed E-state index contributed by atoms with van der Waals surface area (Å²) < 4.78 is 7.22. The first-order valence-corrected chi connectivity index (χ1v) is 12.6. The summed E-state index contributed by atoms with van der Waals surface area (Å²) in [4.78, 5) is 21.6. The van der Waals surface area contributed by atoms with Gasteiger partial charge in [0.1, 0.15) is 16.9 Å². The molecule has 1 fully saturated rings. The van der Waals surface area contributed by atoms with Gasteiger partial charge in [-0.2, -0.15) is 5.10 Å². The maximum atomic E-state index is 12.7. The van der Waals surface area contributed by atoms with Crippen LogP contribution in [0.1, 0.15) is 42.5 Å². The van der Waals surface area contributed by atoms with Crippen molar-refractivity contribution in [2.45, 2.75) is 38.1 Å². The molecule has 5 aromatic rings. The van der Waals surface area contributed by atoms with Gasteiger partial charge in [0.2, 0.25) is 0 Å². The number of rotatable bonds is 6. The van der Waals surface area contributed by atoms with Crippen molar-refractivity contribution in [3.8, 4) is 11.5 Å². The number of fused-ring (bicyclic) bond motifs is 2. The number of carbonyl (C=O) groups excluding carboxylic acids is 1. The van der Waals surface area contributed by atoms with Crippen LogP contribution in [0, 0.1) is 0 Å². The maximum absolute atomic E-state index is 12.7. The lowest BCUT2D eigenvalue weighted by molar-refractivity contribution is 0.102. The molecule has 3 aromatic heterocycles. The molecule has 1 aliphatic rings. The van der Waals surface area contributed by atoms with Gasteiger partial charge in [0.15, 0.2) is 16.6 Å². The lowest BCUT2D eigenvalue weighted by Gasteiger charge is -2.22. The van der Waals surface area contributed by atoms with Crippen molar-refractivity contribution in [1.29, 1.82) is 0 Å². The summed E-state index contributed by atoms with van der Waals surface area (Å²) in [6.45, 7) is 0. The predicted molar refractivity (Wildman–Crippen MR) is 138 cm³/mol. The SMILES string of the molecule is O=C(Nc1nc2ccccc2s1)c1ccc(Oc2ccnc3[nH]nc(NC4CCCCC4)c23)cc1. The summed E-state index contributed by atoms with van der Waals surface area (Å²) in [6, 6.07) is 17.1. The molecular formula is C26H24N6O2S. The lowest BCUT2D eigenvalue weighted by atomic mass is 9.95. The zero-order valence-corrected chi connectivity index (χ0v) is 19.8. The monoisotopic (exact) mass is 484 g/mol. The van der Waals surface area contributed by atoms with E-state index in [4.69, 9.17) is 4.74 Å². The van der Waals surface area contributed by atoms with Crippen LogP contribution in [0.4, 0.5) is 10.9 Å². The molecule has 1 amide bonds. The molecule has 0 unspecified atom stereocenters. The van der Waals surface area contributed by atoms with Crippen molar-refractivity contribution in [3.05, 3.63) is 66.4 Å². The van der Waals surface area contributed by atoms with Crippen LogP contribution in [-0.4, -0.2) is 32.1 Å². The lowest BCUT2D eigenvalue weighted by Crippen LogP contribution is -2.22. The van der Waals surface area contributed by atoms with Crippen LogP contribution in [0.25, 0.3) is 21.3 Å². The number of anilines is 2. The fraction of sp³-hybridized carbons (Fsp3) is 0.231. The van der Waals surface area contributed by atoms with Gasteiger partial charge in [-0.3, -0.25) is 15.2 Å². The maximum Gasteiger partial charge on any atom is 0.257 e. The van der Waals surface area contributed by atoms with Gasteiger partial charge in [-0.25, -0.2) is 9.97 Å². The van der Waals surface area contributed by atoms with Crippen LogP contribution in [0.15, 0.2) is 60.8 Å². The van der Waals surface area contributed by atoms with E-state index >= 15 is 0 Å². The average molecular weight is 485 g/mol. The van der Waals surface area contributed by atoms with Gasteiger partial charge >= 0.3 is 0 Å². The number of pyridine rings is 1. The van der Waals surface area contributed by atoms with Gasteiger partial charge in [-0.05, 0) is 49.2 Å². The van der Waals surface area contributed by atoms with Crippen molar-refractivity contribution in [2.75, 3.05) is 10.6 Å². The number of para-hydroxylation sites is 1. The number of ether oxygens (including phenoxy) is 1. The predicted octanol–water partition coefficient (Wildman–Crippen LogP) is 6.36. The number of thiazole rings is 1. The first kappa shape index (κ1) is 21.5.